The fourth-order valence-corrected chi connectivity index (χ4v) is 0. The van der Waals surface area contributed by atoms with E-state index in [0.29, 0.717) is 0 Å². The van der Waals surface area contributed by atoms with E-state index in [0.717, 1.165) is 0 Å². The zero-order valence-corrected chi connectivity index (χ0v) is 16.6. The minimum atomic E-state index is -4.69. The largest absolute Gasteiger partial charge is 0.183 e. The fourth-order valence-electron chi connectivity index (χ4n) is 0. The first-order valence-corrected chi connectivity index (χ1v) is 5.69. The lowest BCUT2D eigenvalue weighted by Gasteiger charge is -2.03. The summed E-state index contributed by atoms with van der Waals surface area (Å²) in [4.78, 5) is 0. The molecule has 0 fully saturated rings. The Morgan fingerprint density at radius 1 is 0.389 bits per heavy atom. The van der Waals surface area contributed by atoms with E-state index in [1.54, 1.807) is 0 Å². The van der Waals surface area contributed by atoms with Gasteiger partial charge in [0.1, 0.15) is 0 Å². The molecule has 120 valence electrons. The summed E-state index contributed by atoms with van der Waals surface area (Å²) in [5, 5.41) is 0. The Labute approximate surface area is 157 Å². The normalized spacial score (nSPS) is 10.0. The Morgan fingerprint density at radius 2 is 0.389 bits per heavy atom. The smallest absolute Gasteiger partial charge is 0.0777 e. The van der Waals surface area contributed by atoms with Crippen molar-refractivity contribution in [3.05, 3.63) is 0 Å². The SMILES string of the molecule is I.I.I.[O-][Cl+3]([O-])([O-])O.[O-][Cl+3]([O-])([O-])O.[O-][Cl+3]([O-])([O-])O. The average molecular weight is 685 g/mol. The number of rotatable bonds is 0. The van der Waals surface area contributed by atoms with Crippen LogP contribution in [-0.2, 0) is 0 Å². The van der Waals surface area contributed by atoms with Gasteiger partial charge in [-0.2, -0.15) is 41.9 Å². The van der Waals surface area contributed by atoms with E-state index in [-0.39, 0.29) is 71.9 Å². The number of hydrogen-bond donors (Lipinski definition) is 3. The van der Waals surface area contributed by atoms with Crippen molar-refractivity contribution in [2.45, 2.75) is 0 Å². The van der Waals surface area contributed by atoms with Gasteiger partial charge in [-0.3, -0.25) is 0 Å². The van der Waals surface area contributed by atoms with Crippen molar-refractivity contribution in [2.24, 2.45) is 0 Å². The molecule has 0 aromatic heterocycles. The maximum Gasteiger partial charge on any atom is 0.0777 e. The van der Waals surface area contributed by atoms with Gasteiger partial charge >= 0.3 is 0 Å². The molecule has 0 aliphatic rings. The van der Waals surface area contributed by atoms with Gasteiger partial charge in [-0.25, -0.2) is 0 Å². The quantitative estimate of drug-likeness (QED) is 0.201. The van der Waals surface area contributed by atoms with Crippen LogP contribution in [-0.4, -0.2) is 14.0 Å². The van der Waals surface area contributed by atoms with Crippen molar-refractivity contribution in [3.63, 3.8) is 0 Å². The van der Waals surface area contributed by atoms with E-state index >= 15 is 0 Å². The molecule has 0 aliphatic carbocycles. The summed E-state index contributed by atoms with van der Waals surface area (Å²) in [6.07, 6.45) is 0. The summed E-state index contributed by atoms with van der Waals surface area (Å²) < 4.78 is 98.2. The van der Waals surface area contributed by atoms with Gasteiger partial charge in [-0.1, -0.05) is 0 Å². The van der Waals surface area contributed by atoms with Crippen molar-refractivity contribution in [1.29, 1.82) is 0 Å². The molecule has 18 heavy (non-hydrogen) atoms. The highest BCUT2D eigenvalue weighted by Crippen LogP contribution is 1.61. The standard InChI is InChI=1S/3ClHO4.3HI/c3*2-1(3,4)5;;;/h3*(H,2,3,4,5);3*1H. The van der Waals surface area contributed by atoms with Crippen LogP contribution >= 0.6 is 71.9 Å². The summed E-state index contributed by atoms with van der Waals surface area (Å²) in [6.45, 7) is 0. The fraction of sp³-hybridized carbons (Fsp3) is 0. The van der Waals surface area contributed by atoms with Gasteiger partial charge in [-0.05, 0) is 0 Å². The molecule has 0 aliphatic heterocycles. The molecule has 0 heterocycles. The van der Waals surface area contributed by atoms with E-state index < -0.39 is 30.7 Å². The second kappa shape index (κ2) is 16.0. The van der Waals surface area contributed by atoms with Crippen LogP contribution in [0.25, 0.3) is 0 Å². The third-order valence-electron chi connectivity index (χ3n) is 0. The van der Waals surface area contributed by atoms with Gasteiger partial charge in [0.2, 0.25) is 0 Å². The highest BCUT2D eigenvalue weighted by Gasteiger charge is 1.99. The minimum absolute atomic E-state index is 0. The Kier molecular flexibility index (Phi) is 32.9. The van der Waals surface area contributed by atoms with Gasteiger partial charge in [0.05, 0.1) is 44.7 Å². The predicted octanol–water partition coefficient (Wildman–Crippen LogP) is -10.5. The van der Waals surface area contributed by atoms with Gasteiger partial charge in [0, 0.05) is 0 Å². The second-order valence-corrected chi connectivity index (χ2v) is 3.56. The van der Waals surface area contributed by atoms with Crippen LogP contribution in [0.4, 0.5) is 0 Å². The molecule has 0 atom stereocenters. The maximum atomic E-state index is 8.60. The van der Waals surface area contributed by atoms with Crippen LogP contribution in [0.1, 0.15) is 0 Å². The Hall–Kier alpha value is 2.58. The lowest BCUT2D eigenvalue weighted by Crippen LogP contribution is -2.58. The molecule has 3 N–H and O–H groups in total. The van der Waals surface area contributed by atoms with Crippen LogP contribution in [0.2, 0.25) is 0 Å². The van der Waals surface area contributed by atoms with Crippen LogP contribution in [0, 0.1) is 30.7 Å². The third-order valence-corrected chi connectivity index (χ3v) is 0. The van der Waals surface area contributed by atoms with Crippen molar-refractivity contribution in [3.8, 4) is 0 Å². The third kappa shape index (κ3) is 863. The molecule has 0 radical (unpaired) electrons. The second-order valence-electron chi connectivity index (χ2n) is 1.19. The number of halogens is 6. The average Bonchev–Trinajstić information content (AvgIpc) is 1.41. The highest BCUT2D eigenvalue weighted by atomic mass is 127. The van der Waals surface area contributed by atoms with E-state index in [1.807, 2.05) is 0 Å². The molecular formula is H6Cl3I3O12. The number of hydrogen-bond acceptors (Lipinski definition) is 12. The lowest BCUT2D eigenvalue weighted by molar-refractivity contribution is -1.92. The van der Waals surface area contributed by atoms with E-state index in [9.17, 15) is 0 Å². The Bertz CT molecular complexity index is 97.6. The van der Waals surface area contributed by atoms with Crippen molar-refractivity contribution in [1.82, 2.24) is 0 Å². The predicted molar refractivity (Wildman–Crippen MR) is 52.9 cm³/mol. The van der Waals surface area contributed by atoms with Crippen LogP contribution in [0.5, 0.6) is 0 Å². The van der Waals surface area contributed by atoms with Crippen LogP contribution in [0.3, 0.4) is 0 Å². The topological polar surface area (TPSA) is 268 Å². The summed E-state index contributed by atoms with van der Waals surface area (Å²) in [6, 6.07) is 0. The van der Waals surface area contributed by atoms with Crippen LogP contribution in [0.15, 0.2) is 0 Å². The monoisotopic (exact) mass is 684 g/mol. The minimum Gasteiger partial charge on any atom is -0.183 e. The molecule has 12 nitrogen and oxygen atoms in total. The molecule has 0 saturated carbocycles. The maximum absolute atomic E-state index is 8.60. The molecule has 0 rings (SSSR count). The first-order valence-electron chi connectivity index (χ1n) is 1.90. The summed E-state index contributed by atoms with van der Waals surface area (Å²) in [5.41, 5.74) is 0. The summed E-state index contributed by atoms with van der Waals surface area (Å²) in [7, 11) is -14.1. The molecule has 0 bridgehead atoms. The van der Waals surface area contributed by atoms with Gasteiger partial charge in [0.25, 0.3) is 0 Å². The zero-order chi connectivity index (χ0) is 13.5. The molecule has 0 aromatic rings. The van der Waals surface area contributed by atoms with Gasteiger partial charge < -0.3 is 0 Å². The zero-order valence-electron chi connectivity index (χ0n) is 7.37. The Morgan fingerprint density at radius 3 is 0.389 bits per heavy atom. The molecule has 0 unspecified atom stereocenters. The molecule has 0 saturated heterocycles. The van der Waals surface area contributed by atoms with E-state index in [2.05, 4.69) is 0 Å². The Balaban J connectivity index is -0.0000000277. The molecule has 0 aromatic carbocycles. The molecular weight excluding hydrogens is 679 g/mol. The van der Waals surface area contributed by atoms with E-state index in [1.165, 1.54) is 0 Å². The van der Waals surface area contributed by atoms with Crippen molar-refractivity contribution in [2.75, 3.05) is 0 Å². The lowest BCUT2D eigenvalue weighted by atomic mass is 15.8. The summed E-state index contributed by atoms with van der Waals surface area (Å²) in [5.74, 6) is 0. The highest BCUT2D eigenvalue weighted by molar-refractivity contribution is 14.0. The first kappa shape index (κ1) is 37.1. The van der Waals surface area contributed by atoms with Gasteiger partial charge in [-0.15, -0.1) is 71.9 Å². The summed E-state index contributed by atoms with van der Waals surface area (Å²) >= 11 is 0. The van der Waals surface area contributed by atoms with Crippen LogP contribution < -0.4 is 41.9 Å². The van der Waals surface area contributed by atoms with E-state index in [4.69, 9.17) is 55.9 Å². The molecule has 0 spiro atoms. The molecule has 0 amide bonds. The first-order chi connectivity index (χ1) is 6.00. The van der Waals surface area contributed by atoms with Gasteiger partial charge in [0.15, 0.2) is 0 Å². The van der Waals surface area contributed by atoms with Crippen molar-refractivity contribution < 1.29 is 86.6 Å². The molecule has 18 heteroatoms. The van der Waals surface area contributed by atoms with Crippen molar-refractivity contribution >= 4 is 71.9 Å².